The van der Waals surface area contributed by atoms with E-state index in [1.165, 1.54) is 0 Å². The summed E-state index contributed by atoms with van der Waals surface area (Å²) in [7, 11) is 1.71. The van der Waals surface area contributed by atoms with Gasteiger partial charge in [0.15, 0.2) is 0 Å². The van der Waals surface area contributed by atoms with Crippen LogP contribution >= 0.6 is 0 Å². The minimum atomic E-state index is 0.829. The molecule has 0 spiro atoms. The smallest absolute Gasteiger partial charge is 0.140 e. The lowest BCUT2D eigenvalue weighted by atomic mass is 9.95. The van der Waals surface area contributed by atoms with Crippen LogP contribution in [0.4, 0.5) is 0 Å². The van der Waals surface area contributed by atoms with Crippen molar-refractivity contribution in [1.29, 1.82) is 0 Å². The van der Waals surface area contributed by atoms with Gasteiger partial charge in [-0.2, -0.15) is 0 Å². The first kappa shape index (κ1) is 26.7. The topological polar surface area (TPSA) is 32.0 Å². The first-order valence-electron chi connectivity index (χ1n) is 13.2. The Balaban J connectivity index is 0.00000164. The standard InChI is InChI=1S/C32H31N3O.C2H6/c1-22-14-15-23(2)34(22)31-20-28(21-32(33-31)35-24(3)16-17-25(35)4)30(18-26-10-7-6-8-11-26)27-12-9-13-29(19-27)36-5;1-2/h6-21H,1-5H3;1-2H3/b30-18+;. The van der Waals surface area contributed by atoms with E-state index in [-0.39, 0.29) is 0 Å². The fourth-order valence-electron chi connectivity index (χ4n) is 4.79. The second kappa shape index (κ2) is 11.8. The van der Waals surface area contributed by atoms with Crippen LogP contribution < -0.4 is 4.74 Å². The molecule has 3 aromatic heterocycles. The van der Waals surface area contributed by atoms with Gasteiger partial charge >= 0.3 is 0 Å². The maximum Gasteiger partial charge on any atom is 0.140 e. The summed E-state index contributed by atoms with van der Waals surface area (Å²) < 4.78 is 10.0. The average molecular weight is 504 g/mol. The van der Waals surface area contributed by atoms with Gasteiger partial charge in [-0.15, -0.1) is 0 Å². The summed E-state index contributed by atoms with van der Waals surface area (Å²) in [5, 5.41) is 0. The lowest BCUT2D eigenvalue weighted by molar-refractivity contribution is 0.414. The number of hydrogen-bond acceptors (Lipinski definition) is 2. The summed E-state index contributed by atoms with van der Waals surface area (Å²) in [6, 6.07) is 31.6. The van der Waals surface area contributed by atoms with Crippen molar-refractivity contribution < 1.29 is 4.74 Å². The number of hydrogen-bond donors (Lipinski definition) is 0. The third-order valence-corrected chi connectivity index (χ3v) is 6.60. The molecule has 0 aliphatic rings. The van der Waals surface area contributed by atoms with Gasteiger partial charge in [-0.25, -0.2) is 4.98 Å². The van der Waals surface area contributed by atoms with Gasteiger partial charge in [-0.3, -0.25) is 0 Å². The highest BCUT2D eigenvalue weighted by atomic mass is 16.5. The lowest BCUT2D eigenvalue weighted by Gasteiger charge is -2.18. The zero-order valence-electron chi connectivity index (χ0n) is 23.5. The Bertz CT molecular complexity index is 1450. The second-order valence-corrected chi connectivity index (χ2v) is 9.18. The molecule has 0 saturated heterocycles. The van der Waals surface area contributed by atoms with Crippen molar-refractivity contribution in [3.8, 4) is 17.4 Å². The van der Waals surface area contributed by atoms with Crippen molar-refractivity contribution in [2.45, 2.75) is 41.5 Å². The van der Waals surface area contributed by atoms with Crippen molar-refractivity contribution in [2.75, 3.05) is 7.11 Å². The SMILES string of the molecule is CC.COc1cccc(/C(=C\c2ccccc2)c2cc(-n3c(C)ccc3C)nc(-n3c(C)ccc3C)c2)c1. The van der Waals surface area contributed by atoms with E-state index in [1.54, 1.807) is 7.11 Å². The number of benzene rings is 2. The molecule has 0 aliphatic carbocycles. The minimum absolute atomic E-state index is 0.829. The van der Waals surface area contributed by atoms with Gasteiger partial charge < -0.3 is 13.9 Å². The molecule has 4 heteroatoms. The first-order valence-corrected chi connectivity index (χ1v) is 13.2. The van der Waals surface area contributed by atoms with Gasteiger partial charge in [0, 0.05) is 22.8 Å². The molecular formula is C34H37N3O. The van der Waals surface area contributed by atoms with Crippen molar-refractivity contribution in [1.82, 2.24) is 14.1 Å². The third-order valence-electron chi connectivity index (χ3n) is 6.60. The molecule has 0 atom stereocenters. The van der Waals surface area contributed by atoms with Gasteiger partial charge in [0.25, 0.3) is 0 Å². The number of rotatable bonds is 6. The highest BCUT2D eigenvalue weighted by Crippen LogP contribution is 2.32. The van der Waals surface area contributed by atoms with E-state index in [9.17, 15) is 0 Å². The van der Waals surface area contributed by atoms with E-state index in [0.29, 0.717) is 0 Å². The number of aryl methyl sites for hydroxylation is 4. The van der Waals surface area contributed by atoms with Crippen LogP contribution in [0, 0.1) is 27.7 Å². The molecule has 194 valence electrons. The number of methoxy groups -OCH3 is 1. The fourth-order valence-corrected chi connectivity index (χ4v) is 4.79. The van der Waals surface area contributed by atoms with Gasteiger partial charge in [-0.05, 0) is 105 Å². The third kappa shape index (κ3) is 5.50. The van der Waals surface area contributed by atoms with Crippen LogP contribution in [0.15, 0.2) is 91.0 Å². The molecule has 0 aliphatic heterocycles. The van der Waals surface area contributed by atoms with E-state index in [2.05, 4.69) is 116 Å². The van der Waals surface area contributed by atoms with Crippen LogP contribution in [-0.2, 0) is 0 Å². The summed E-state index contributed by atoms with van der Waals surface area (Å²) in [4.78, 5) is 5.15. The summed E-state index contributed by atoms with van der Waals surface area (Å²) >= 11 is 0. The molecule has 0 fully saturated rings. The lowest BCUT2D eigenvalue weighted by Crippen LogP contribution is -2.09. The zero-order valence-corrected chi connectivity index (χ0v) is 23.5. The molecule has 0 bridgehead atoms. The number of ether oxygens (including phenoxy) is 1. The highest BCUT2D eigenvalue weighted by molar-refractivity contribution is 5.92. The van der Waals surface area contributed by atoms with Gasteiger partial charge in [-0.1, -0.05) is 56.3 Å². The Morgan fingerprint density at radius 2 is 1.16 bits per heavy atom. The monoisotopic (exact) mass is 503 g/mol. The summed E-state index contributed by atoms with van der Waals surface area (Å²) in [5.41, 5.74) is 9.03. The van der Waals surface area contributed by atoms with Crippen LogP contribution in [0.1, 0.15) is 53.3 Å². The summed E-state index contributed by atoms with van der Waals surface area (Å²) in [5.74, 6) is 2.63. The van der Waals surface area contributed by atoms with Crippen LogP contribution in [0.2, 0.25) is 0 Å². The molecular weight excluding hydrogens is 466 g/mol. The van der Waals surface area contributed by atoms with Crippen molar-refractivity contribution in [2.24, 2.45) is 0 Å². The number of aromatic nitrogens is 3. The molecule has 5 aromatic rings. The predicted octanol–water partition coefficient (Wildman–Crippen LogP) is 8.52. The van der Waals surface area contributed by atoms with E-state index >= 15 is 0 Å². The molecule has 4 nitrogen and oxygen atoms in total. The largest absolute Gasteiger partial charge is 0.497 e. The first-order chi connectivity index (χ1) is 18.4. The van der Waals surface area contributed by atoms with E-state index < -0.39 is 0 Å². The van der Waals surface area contributed by atoms with E-state index in [4.69, 9.17) is 9.72 Å². The Morgan fingerprint density at radius 3 is 1.66 bits per heavy atom. The Kier molecular flexibility index (Phi) is 8.32. The summed E-state index contributed by atoms with van der Waals surface area (Å²) in [6.45, 7) is 12.5. The number of nitrogens with zero attached hydrogens (tertiary/aromatic N) is 3. The maximum atomic E-state index is 5.57. The highest BCUT2D eigenvalue weighted by Gasteiger charge is 2.16. The van der Waals surface area contributed by atoms with Crippen molar-refractivity contribution >= 4 is 11.6 Å². The minimum Gasteiger partial charge on any atom is -0.497 e. The number of pyridine rings is 1. The Hall–Kier alpha value is -4.31. The van der Waals surface area contributed by atoms with Crippen molar-refractivity contribution in [3.63, 3.8) is 0 Å². The molecule has 0 N–H and O–H groups in total. The Morgan fingerprint density at radius 1 is 0.632 bits per heavy atom. The molecule has 2 aromatic carbocycles. The van der Waals surface area contributed by atoms with E-state index in [0.717, 1.165) is 62.4 Å². The van der Waals surface area contributed by atoms with Crippen LogP contribution in [0.5, 0.6) is 5.75 Å². The normalized spacial score (nSPS) is 11.2. The van der Waals surface area contributed by atoms with Crippen LogP contribution in [-0.4, -0.2) is 21.2 Å². The predicted molar refractivity (Wildman–Crippen MR) is 160 cm³/mol. The van der Waals surface area contributed by atoms with Crippen molar-refractivity contribution in [3.05, 3.63) is 130 Å². The van der Waals surface area contributed by atoms with Crippen LogP contribution in [0.25, 0.3) is 23.3 Å². The van der Waals surface area contributed by atoms with Gasteiger partial charge in [0.05, 0.1) is 7.11 Å². The fraction of sp³-hybridized carbons (Fsp3) is 0.206. The van der Waals surface area contributed by atoms with Gasteiger partial charge in [0.1, 0.15) is 17.4 Å². The molecule has 3 heterocycles. The average Bonchev–Trinajstić information content (AvgIpc) is 3.47. The summed E-state index contributed by atoms with van der Waals surface area (Å²) in [6.07, 6.45) is 2.24. The van der Waals surface area contributed by atoms with Crippen LogP contribution in [0.3, 0.4) is 0 Å². The van der Waals surface area contributed by atoms with E-state index in [1.807, 2.05) is 32.0 Å². The molecule has 0 amide bonds. The zero-order chi connectivity index (χ0) is 27.2. The van der Waals surface area contributed by atoms with Gasteiger partial charge in [0.2, 0.25) is 0 Å². The molecule has 38 heavy (non-hydrogen) atoms. The molecule has 0 unspecified atom stereocenters. The molecule has 5 rings (SSSR count). The molecule has 0 radical (unpaired) electrons. The second-order valence-electron chi connectivity index (χ2n) is 9.18. The maximum absolute atomic E-state index is 5.57. The quantitative estimate of drug-likeness (QED) is 0.218. The molecule has 0 saturated carbocycles. The Labute approximate surface area is 226 Å².